The summed E-state index contributed by atoms with van der Waals surface area (Å²) in [6.07, 6.45) is 8.30. The number of fused-ring (bicyclic) bond motifs is 1. The monoisotopic (exact) mass is 259 g/mol. The summed E-state index contributed by atoms with van der Waals surface area (Å²) in [6, 6.07) is 1.44. The van der Waals surface area contributed by atoms with Crippen molar-refractivity contribution in [2.75, 3.05) is 5.32 Å². The number of carbonyl (C=O) groups excluding carboxylic acids is 1. The van der Waals surface area contributed by atoms with Crippen LogP contribution >= 0.6 is 11.3 Å². The Morgan fingerprint density at radius 2 is 2.39 bits per heavy atom. The molecule has 5 heteroatoms. The Balaban J connectivity index is 2.19. The van der Waals surface area contributed by atoms with Gasteiger partial charge < -0.3 is 11.1 Å². The molecule has 1 aromatic heterocycles. The fourth-order valence-corrected chi connectivity index (χ4v) is 3.28. The largest absolute Gasteiger partial charge is 0.319 e. The highest BCUT2D eigenvalue weighted by Gasteiger charge is 2.24. The summed E-state index contributed by atoms with van der Waals surface area (Å²) in [6.45, 7) is 0. The van der Waals surface area contributed by atoms with E-state index in [9.17, 15) is 4.79 Å². The van der Waals surface area contributed by atoms with Gasteiger partial charge in [-0.05, 0) is 24.8 Å². The number of hydrogen-bond donors (Lipinski definition) is 2. The predicted molar refractivity (Wildman–Crippen MR) is 71.1 cm³/mol. The molecule has 1 atom stereocenters. The van der Waals surface area contributed by atoms with E-state index in [1.54, 1.807) is 0 Å². The number of amides is 1. The summed E-state index contributed by atoms with van der Waals surface area (Å²) in [5, 5.41) is 12.5. The third-order valence-electron chi connectivity index (χ3n) is 2.94. The third kappa shape index (κ3) is 2.24. The van der Waals surface area contributed by atoms with Gasteiger partial charge in [-0.2, -0.15) is 5.26 Å². The molecular formula is C13H13N3OS. The number of anilines is 1. The fraction of sp³-hybridized carbons (Fsp3) is 0.385. The molecule has 4 nitrogen and oxygen atoms in total. The molecular weight excluding hydrogens is 246 g/mol. The highest BCUT2D eigenvalue weighted by molar-refractivity contribution is 7.16. The second kappa shape index (κ2) is 5.22. The number of nitrogens with two attached hydrogens (primary N) is 1. The molecule has 2 rings (SSSR count). The highest BCUT2D eigenvalue weighted by Crippen LogP contribution is 2.38. The van der Waals surface area contributed by atoms with E-state index in [0.717, 1.165) is 24.8 Å². The van der Waals surface area contributed by atoms with E-state index in [0.29, 0.717) is 10.6 Å². The number of aryl methyl sites for hydroxylation is 1. The van der Waals surface area contributed by atoms with Crippen molar-refractivity contribution in [2.45, 2.75) is 31.7 Å². The molecule has 0 radical (unpaired) electrons. The van der Waals surface area contributed by atoms with Gasteiger partial charge in [0.2, 0.25) is 5.91 Å². The normalized spacial score (nSPS) is 14.4. The minimum absolute atomic E-state index is 0.193. The van der Waals surface area contributed by atoms with Crippen molar-refractivity contribution < 1.29 is 4.79 Å². The van der Waals surface area contributed by atoms with Crippen LogP contribution in [0.5, 0.6) is 0 Å². The van der Waals surface area contributed by atoms with Gasteiger partial charge in [-0.15, -0.1) is 23.7 Å². The van der Waals surface area contributed by atoms with Gasteiger partial charge in [0.1, 0.15) is 11.1 Å². The van der Waals surface area contributed by atoms with Crippen LogP contribution in [-0.2, 0) is 17.6 Å². The van der Waals surface area contributed by atoms with E-state index in [2.05, 4.69) is 17.3 Å². The minimum atomic E-state index is -0.724. The molecule has 0 saturated carbocycles. The molecule has 0 spiro atoms. The second-order valence-electron chi connectivity index (χ2n) is 4.18. The highest BCUT2D eigenvalue weighted by atomic mass is 32.1. The van der Waals surface area contributed by atoms with Crippen molar-refractivity contribution in [3.8, 4) is 18.4 Å². The maximum atomic E-state index is 11.8. The summed E-state index contributed by atoms with van der Waals surface area (Å²) >= 11 is 1.48. The van der Waals surface area contributed by atoms with Crippen LogP contribution in [0.15, 0.2) is 0 Å². The lowest BCUT2D eigenvalue weighted by molar-refractivity contribution is -0.117. The molecule has 1 aliphatic rings. The molecule has 0 saturated heterocycles. The second-order valence-corrected chi connectivity index (χ2v) is 5.28. The Morgan fingerprint density at radius 1 is 1.61 bits per heavy atom. The topological polar surface area (TPSA) is 78.9 Å². The Labute approximate surface area is 110 Å². The maximum Gasteiger partial charge on any atom is 0.242 e. The number of rotatable bonds is 3. The summed E-state index contributed by atoms with van der Waals surface area (Å²) < 4.78 is 0. The van der Waals surface area contributed by atoms with Crippen molar-refractivity contribution in [3.63, 3.8) is 0 Å². The summed E-state index contributed by atoms with van der Waals surface area (Å²) in [5.41, 5.74) is 7.30. The minimum Gasteiger partial charge on any atom is -0.319 e. The van der Waals surface area contributed by atoms with Crippen molar-refractivity contribution in [1.29, 1.82) is 5.26 Å². The van der Waals surface area contributed by atoms with E-state index >= 15 is 0 Å². The van der Waals surface area contributed by atoms with Gasteiger partial charge in [-0.1, -0.05) is 0 Å². The van der Waals surface area contributed by atoms with E-state index in [1.807, 2.05) is 0 Å². The SMILES string of the molecule is C#CCC(N)C(=O)Nc1sc2c(c1C#N)CCC2. The van der Waals surface area contributed by atoms with Crippen LogP contribution in [0.2, 0.25) is 0 Å². The van der Waals surface area contributed by atoms with E-state index < -0.39 is 6.04 Å². The molecule has 1 amide bonds. The fourth-order valence-electron chi connectivity index (χ4n) is 2.03. The van der Waals surface area contributed by atoms with Gasteiger partial charge >= 0.3 is 0 Å². The van der Waals surface area contributed by atoms with Gasteiger partial charge in [0, 0.05) is 11.3 Å². The van der Waals surface area contributed by atoms with Gasteiger partial charge in [0.25, 0.3) is 0 Å². The summed E-state index contributed by atoms with van der Waals surface area (Å²) in [5.74, 6) is 2.02. The predicted octanol–water partition coefficient (Wildman–Crippen LogP) is 1.40. The Kier molecular flexibility index (Phi) is 3.66. The van der Waals surface area contributed by atoms with Crippen molar-refractivity contribution in [3.05, 3.63) is 16.0 Å². The molecule has 0 aromatic carbocycles. The van der Waals surface area contributed by atoms with Crippen LogP contribution in [0.3, 0.4) is 0 Å². The smallest absolute Gasteiger partial charge is 0.242 e. The average molecular weight is 259 g/mol. The number of nitriles is 1. The molecule has 1 aliphatic carbocycles. The van der Waals surface area contributed by atoms with Crippen molar-refractivity contribution >= 4 is 22.2 Å². The first-order valence-corrected chi connectivity index (χ1v) is 6.53. The maximum absolute atomic E-state index is 11.8. The Bertz CT molecular complexity index is 562. The molecule has 92 valence electrons. The number of terminal acetylenes is 1. The Morgan fingerprint density at radius 3 is 3.06 bits per heavy atom. The zero-order chi connectivity index (χ0) is 13.1. The van der Waals surface area contributed by atoms with Crippen LogP contribution in [0, 0.1) is 23.7 Å². The number of thiophene rings is 1. The first kappa shape index (κ1) is 12.6. The number of hydrogen-bond acceptors (Lipinski definition) is 4. The zero-order valence-electron chi connectivity index (χ0n) is 9.82. The summed E-state index contributed by atoms with van der Waals surface area (Å²) in [7, 11) is 0. The first-order chi connectivity index (χ1) is 8.67. The van der Waals surface area contributed by atoms with Crippen molar-refractivity contribution in [2.24, 2.45) is 5.73 Å². The van der Waals surface area contributed by atoms with Crippen LogP contribution < -0.4 is 11.1 Å². The van der Waals surface area contributed by atoms with E-state index in [4.69, 9.17) is 17.4 Å². The number of carbonyl (C=O) groups is 1. The molecule has 1 aromatic rings. The van der Waals surface area contributed by atoms with Crippen LogP contribution in [-0.4, -0.2) is 11.9 Å². The summed E-state index contributed by atoms with van der Waals surface area (Å²) in [4.78, 5) is 13.0. The lowest BCUT2D eigenvalue weighted by atomic mass is 10.1. The quantitative estimate of drug-likeness (QED) is 0.805. The average Bonchev–Trinajstić information content (AvgIpc) is 2.89. The standard InChI is InChI=1S/C13H13N3OS/c1-2-4-10(15)12(17)16-13-9(7-14)8-5-3-6-11(8)18-13/h1,10H,3-6,15H2,(H,16,17). The van der Waals surface area contributed by atoms with Crippen LogP contribution in [0.4, 0.5) is 5.00 Å². The molecule has 0 bridgehead atoms. The lowest BCUT2D eigenvalue weighted by Crippen LogP contribution is -2.35. The number of nitrogens with one attached hydrogen (secondary N) is 1. The van der Waals surface area contributed by atoms with Crippen molar-refractivity contribution in [1.82, 2.24) is 0 Å². The van der Waals surface area contributed by atoms with E-state index in [-0.39, 0.29) is 12.3 Å². The number of nitrogens with zero attached hydrogens (tertiary/aromatic N) is 1. The molecule has 1 unspecified atom stereocenters. The lowest BCUT2D eigenvalue weighted by Gasteiger charge is -2.08. The molecule has 0 fully saturated rings. The zero-order valence-corrected chi connectivity index (χ0v) is 10.6. The van der Waals surface area contributed by atoms with Gasteiger partial charge in [-0.25, -0.2) is 0 Å². The van der Waals surface area contributed by atoms with Gasteiger partial charge in [0.05, 0.1) is 11.6 Å². The molecule has 1 heterocycles. The van der Waals surface area contributed by atoms with Gasteiger partial charge in [-0.3, -0.25) is 4.79 Å². The molecule has 18 heavy (non-hydrogen) atoms. The third-order valence-corrected chi connectivity index (χ3v) is 4.15. The van der Waals surface area contributed by atoms with Crippen LogP contribution in [0.1, 0.15) is 28.8 Å². The Hall–Kier alpha value is -1.82. The molecule has 3 N–H and O–H groups in total. The van der Waals surface area contributed by atoms with Gasteiger partial charge in [0.15, 0.2) is 0 Å². The van der Waals surface area contributed by atoms with E-state index in [1.165, 1.54) is 16.2 Å². The first-order valence-electron chi connectivity index (χ1n) is 5.72. The van der Waals surface area contributed by atoms with Crippen LogP contribution in [0.25, 0.3) is 0 Å². The molecule has 0 aliphatic heterocycles.